The standard InChI is InChI=1S/C6H12N2O2/c1-6(2)3-4-7(9)8(10)5-6/h3-5H2,1-2H3/q-2. The second kappa shape index (κ2) is 2.47. The van der Waals surface area contributed by atoms with E-state index in [0.29, 0.717) is 23.4 Å². The van der Waals surface area contributed by atoms with Crippen molar-refractivity contribution in [3.05, 3.63) is 10.4 Å². The van der Waals surface area contributed by atoms with Gasteiger partial charge in [0, 0.05) is 6.54 Å². The van der Waals surface area contributed by atoms with Gasteiger partial charge in [-0.3, -0.25) is 0 Å². The maximum Gasteiger partial charge on any atom is 0.00390 e. The van der Waals surface area contributed by atoms with Gasteiger partial charge in [0.15, 0.2) is 0 Å². The van der Waals surface area contributed by atoms with Gasteiger partial charge in [0.25, 0.3) is 0 Å². The van der Waals surface area contributed by atoms with Crippen LogP contribution in [0.25, 0.3) is 0 Å². The Balaban J connectivity index is 2.49. The van der Waals surface area contributed by atoms with Gasteiger partial charge in [-0.15, -0.1) is 0 Å². The molecule has 0 atom stereocenters. The molecule has 60 valence electrons. The Morgan fingerprint density at radius 1 is 1.20 bits per heavy atom. The fourth-order valence-corrected chi connectivity index (χ4v) is 1.03. The molecule has 4 nitrogen and oxygen atoms in total. The van der Waals surface area contributed by atoms with Crippen LogP contribution in [0.4, 0.5) is 0 Å². The normalized spacial score (nSPS) is 28.8. The molecule has 1 rings (SSSR count). The van der Waals surface area contributed by atoms with Crippen LogP contribution in [0.1, 0.15) is 20.3 Å². The van der Waals surface area contributed by atoms with Gasteiger partial charge in [-0.25, -0.2) is 0 Å². The minimum Gasteiger partial charge on any atom is -0.772 e. The molecule has 1 heterocycles. The van der Waals surface area contributed by atoms with Crippen molar-refractivity contribution in [2.45, 2.75) is 20.3 Å². The lowest BCUT2D eigenvalue weighted by atomic mass is 9.88. The second-order valence-electron chi connectivity index (χ2n) is 3.50. The smallest absolute Gasteiger partial charge is 0.00390 e. The molecule has 4 heteroatoms. The molecule has 1 fully saturated rings. The number of rotatable bonds is 0. The summed E-state index contributed by atoms with van der Waals surface area (Å²) < 4.78 is 0. The highest BCUT2D eigenvalue weighted by molar-refractivity contribution is 4.79. The molecule has 10 heavy (non-hydrogen) atoms. The van der Waals surface area contributed by atoms with Gasteiger partial charge in [0.05, 0.1) is 0 Å². The molecule has 0 aromatic rings. The highest BCUT2D eigenvalue weighted by Gasteiger charge is 2.22. The summed E-state index contributed by atoms with van der Waals surface area (Å²) >= 11 is 0. The summed E-state index contributed by atoms with van der Waals surface area (Å²) in [4.78, 5) is 0. The summed E-state index contributed by atoms with van der Waals surface area (Å²) in [6, 6.07) is 0. The summed E-state index contributed by atoms with van der Waals surface area (Å²) in [6.07, 6.45) is 0.801. The largest absolute Gasteiger partial charge is 0.772 e. The Labute approximate surface area is 60.5 Å². The van der Waals surface area contributed by atoms with Gasteiger partial charge in [-0.1, -0.05) is 13.8 Å². The monoisotopic (exact) mass is 144 g/mol. The van der Waals surface area contributed by atoms with Crippen molar-refractivity contribution in [2.75, 3.05) is 13.1 Å². The van der Waals surface area contributed by atoms with Gasteiger partial charge in [0.1, 0.15) is 0 Å². The molecular weight excluding hydrogens is 132 g/mol. The third kappa shape index (κ3) is 1.67. The van der Waals surface area contributed by atoms with Gasteiger partial charge in [-0.2, -0.15) is 0 Å². The highest BCUT2D eigenvalue weighted by atomic mass is 16.7. The molecule has 0 radical (unpaired) electrons. The summed E-state index contributed by atoms with van der Waals surface area (Å²) in [5.74, 6) is 0. The predicted octanol–water partition coefficient (Wildman–Crippen LogP) is 0.931. The lowest BCUT2D eigenvalue weighted by Crippen LogP contribution is -2.47. The number of hydrogen-bond acceptors (Lipinski definition) is 4. The summed E-state index contributed by atoms with van der Waals surface area (Å²) in [6.45, 7) is 4.63. The van der Waals surface area contributed by atoms with E-state index in [2.05, 4.69) is 0 Å². The van der Waals surface area contributed by atoms with Crippen molar-refractivity contribution < 1.29 is 0 Å². The summed E-state index contributed by atoms with van der Waals surface area (Å²) in [5.41, 5.74) is 0.00264. The first-order valence-electron chi connectivity index (χ1n) is 3.40. The zero-order valence-electron chi connectivity index (χ0n) is 6.33. The topological polar surface area (TPSA) is 52.6 Å². The number of hydrogen-bond donors (Lipinski definition) is 0. The molecule has 0 saturated carbocycles. The van der Waals surface area contributed by atoms with Gasteiger partial charge >= 0.3 is 0 Å². The maximum atomic E-state index is 10.7. The van der Waals surface area contributed by atoms with Crippen LogP contribution in [0.15, 0.2) is 0 Å². The van der Waals surface area contributed by atoms with E-state index in [1.54, 1.807) is 0 Å². The third-order valence-electron chi connectivity index (χ3n) is 1.79. The van der Waals surface area contributed by atoms with Crippen molar-refractivity contribution in [3.63, 3.8) is 0 Å². The first-order chi connectivity index (χ1) is 4.51. The Morgan fingerprint density at radius 3 is 2.20 bits per heavy atom. The predicted molar refractivity (Wildman–Crippen MR) is 38.5 cm³/mol. The van der Waals surface area contributed by atoms with Crippen LogP contribution < -0.4 is 0 Å². The maximum absolute atomic E-state index is 10.7. The number of hydrazine groups is 1. The number of hydroxylamine groups is 2. The van der Waals surface area contributed by atoms with Crippen molar-refractivity contribution in [3.8, 4) is 0 Å². The van der Waals surface area contributed by atoms with Crippen molar-refractivity contribution >= 4 is 0 Å². The Morgan fingerprint density at radius 2 is 1.80 bits per heavy atom. The van der Waals surface area contributed by atoms with E-state index < -0.39 is 0 Å². The minimum absolute atomic E-state index is 0.00264. The molecule has 0 N–H and O–H groups in total. The van der Waals surface area contributed by atoms with E-state index >= 15 is 0 Å². The molecule has 0 amide bonds. The average Bonchev–Trinajstić information content (AvgIpc) is 1.79. The summed E-state index contributed by atoms with van der Waals surface area (Å²) in [5, 5.41) is 22.3. The van der Waals surface area contributed by atoms with E-state index in [0.717, 1.165) is 6.42 Å². The van der Waals surface area contributed by atoms with Gasteiger partial charge in [-0.05, 0) is 18.4 Å². The SMILES string of the molecule is CC1(C)CCN([O-])N([O-])C1. The van der Waals surface area contributed by atoms with Crippen LogP contribution in [0.3, 0.4) is 0 Å². The van der Waals surface area contributed by atoms with E-state index in [9.17, 15) is 10.4 Å². The van der Waals surface area contributed by atoms with Crippen LogP contribution in [-0.4, -0.2) is 23.4 Å². The fraction of sp³-hybridized carbons (Fsp3) is 1.00. The third-order valence-corrected chi connectivity index (χ3v) is 1.79. The van der Waals surface area contributed by atoms with Crippen LogP contribution in [0.2, 0.25) is 0 Å². The lowest BCUT2D eigenvalue weighted by molar-refractivity contribution is -0.0151. The van der Waals surface area contributed by atoms with Crippen molar-refractivity contribution in [2.24, 2.45) is 5.41 Å². The van der Waals surface area contributed by atoms with Gasteiger partial charge < -0.3 is 20.8 Å². The molecule has 1 saturated heterocycles. The van der Waals surface area contributed by atoms with Crippen LogP contribution in [0.5, 0.6) is 0 Å². The first-order valence-corrected chi connectivity index (χ1v) is 3.40. The molecule has 1 aliphatic rings. The minimum atomic E-state index is 0.00264. The second-order valence-corrected chi connectivity index (χ2v) is 3.50. The van der Waals surface area contributed by atoms with Crippen LogP contribution in [0, 0.1) is 15.8 Å². The van der Waals surface area contributed by atoms with Crippen molar-refractivity contribution in [1.82, 2.24) is 10.3 Å². The quantitative estimate of drug-likeness (QED) is 0.507. The highest BCUT2D eigenvalue weighted by Crippen LogP contribution is 2.26. The molecule has 0 aromatic carbocycles. The van der Waals surface area contributed by atoms with E-state index in [4.69, 9.17) is 0 Å². The Kier molecular flexibility index (Phi) is 1.96. The molecule has 0 spiro atoms. The molecule has 1 aliphatic heterocycles. The molecular formula is C6H12N2O2-2. The van der Waals surface area contributed by atoms with Crippen LogP contribution in [-0.2, 0) is 0 Å². The molecule has 0 bridgehead atoms. The lowest BCUT2D eigenvalue weighted by Gasteiger charge is -2.53. The first kappa shape index (κ1) is 7.94. The van der Waals surface area contributed by atoms with Crippen LogP contribution >= 0.6 is 0 Å². The average molecular weight is 144 g/mol. The molecule has 0 unspecified atom stereocenters. The molecule has 0 aliphatic carbocycles. The van der Waals surface area contributed by atoms with E-state index in [1.165, 1.54) is 0 Å². The van der Waals surface area contributed by atoms with Crippen molar-refractivity contribution in [1.29, 1.82) is 0 Å². The van der Waals surface area contributed by atoms with E-state index in [1.807, 2.05) is 13.8 Å². The molecule has 0 aromatic heterocycles. The van der Waals surface area contributed by atoms with Gasteiger partial charge in [0.2, 0.25) is 0 Å². The fourth-order valence-electron chi connectivity index (χ4n) is 1.03. The number of nitrogens with zero attached hydrogens (tertiary/aromatic N) is 2. The zero-order chi connectivity index (χ0) is 7.78. The summed E-state index contributed by atoms with van der Waals surface area (Å²) in [7, 11) is 0. The van der Waals surface area contributed by atoms with E-state index in [-0.39, 0.29) is 5.41 Å². The Hall–Kier alpha value is -0.160. The Bertz CT molecular complexity index is 127. The zero-order valence-corrected chi connectivity index (χ0v) is 6.33.